The fourth-order valence-corrected chi connectivity index (χ4v) is 7.55. The molecule has 1 aliphatic rings. The molecule has 7 aromatic carbocycles. The van der Waals surface area contributed by atoms with Crippen molar-refractivity contribution in [2.45, 2.75) is 19.3 Å². The van der Waals surface area contributed by atoms with E-state index in [-0.39, 0.29) is 5.41 Å². The summed E-state index contributed by atoms with van der Waals surface area (Å²) < 4.78 is 2.38. The average Bonchev–Trinajstić information content (AvgIpc) is 3.54. The van der Waals surface area contributed by atoms with Crippen LogP contribution in [0.4, 0.5) is 17.1 Å². The number of para-hydroxylation sites is 2. The minimum absolute atomic E-state index is 0.0720. The Morgan fingerprint density at radius 3 is 1.76 bits per heavy atom. The van der Waals surface area contributed by atoms with Gasteiger partial charge in [0, 0.05) is 38.9 Å². The summed E-state index contributed by atoms with van der Waals surface area (Å²) in [4.78, 5) is 2.40. The van der Waals surface area contributed by atoms with E-state index in [1.165, 1.54) is 54.8 Å². The first-order valence-electron chi connectivity index (χ1n) is 15.7. The van der Waals surface area contributed by atoms with Crippen LogP contribution in [-0.4, -0.2) is 4.57 Å². The van der Waals surface area contributed by atoms with E-state index in [0.29, 0.717) is 0 Å². The largest absolute Gasteiger partial charge is 0.310 e. The number of nitrogens with zero attached hydrogens (tertiary/aromatic N) is 2. The van der Waals surface area contributed by atoms with E-state index in [2.05, 4.69) is 181 Å². The molecular formula is C43H32N2. The molecule has 0 saturated heterocycles. The molecule has 0 atom stereocenters. The monoisotopic (exact) mass is 576 g/mol. The number of aromatic nitrogens is 1. The number of rotatable bonds is 4. The van der Waals surface area contributed by atoms with Gasteiger partial charge >= 0.3 is 0 Å². The molecule has 0 bridgehead atoms. The molecule has 8 aromatic rings. The van der Waals surface area contributed by atoms with Crippen molar-refractivity contribution in [3.05, 3.63) is 169 Å². The highest BCUT2D eigenvalue weighted by Gasteiger charge is 2.35. The maximum absolute atomic E-state index is 2.41. The molecule has 0 unspecified atom stereocenters. The highest BCUT2D eigenvalue weighted by Crippen LogP contribution is 2.50. The minimum Gasteiger partial charge on any atom is -0.310 e. The van der Waals surface area contributed by atoms with Gasteiger partial charge in [-0.15, -0.1) is 0 Å². The van der Waals surface area contributed by atoms with Crippen LogP contribution in [0.5, 0.6) is 0 Å². The van der Waals surface area contributed by atoms with Crippen molar-refractivity contribution in [2.24, 2.45) is 0 Å². The quantitative estimate of drug-likeness (QED) is 0.202. The molecule has 0 saturated carbocycles. The first-order valence-corrected chi connectivity index (χ1v) is 15.7. The third-order valence-corrected chi connectivity index (χ3v) is 9.76. The number of anilines is 3. The second-order valence-corrected chi connectivity index (χ2v) is 12.7. The van der Waals surface area contributed by atoms with Gasteiger partial charge in [-0.2, -0.15) is 0 Å². The van der Waals surface area contributed by atoms with Crippen molar-refractivity contribution in [1.82, 2.24) is 4.57 Å². The predicted molar refractivity (Wildman–Crippen MR) is 191 cm³/mol. The Hall–Kier alpha value is -5.60. The Morgan fingerprint density at radius 1 is 0.444 bits per heavy atom. The standard InChI is InChI=1S/C43H32N2/c1-43(2)39-16-8-5-13-35(39)36-26-25-34(28-40(36)43)44(33-20-19-29-11-3-4-12-30(29)27-33)31-21-23-32(24-22-31)45-41-17-9-6-14-37(41)38-15-7-10-18-42(38)45/h3-28H,1-2H3. The van der Waals surface area contributed by atoms with Crippen molar-refractivity contribution in [3.8, 4) is 16.8 Å². The van der Waals surface area contributed by atoms with Crippen LogP contribution in [0.25, 0.3) is 49.4 Å². The van der Waals surface area contributed by atoms with Gasteiger partial charge in [0.25, 0.3) is 0 Å². The molecule has 0 radical (unpaired) electrons. The molecule has 0 spiro atoms. The SMILES string of the molecule is CC1(C)c2ccccc2-c2ccc(N(c3ccc(-n4c5ccccc5c5ccccc54)cc3)c3ccc4ccccc4c3)cc21. The topological polar surface area (TPSA) is 8.17 Å². The van der Waals surface area contributed by atoms with Gasteiger partial charge in [-0.05, 0) is 93.7 Å². The van der Waals surface area contributed by atoms with Gasteiger partial charge in [-0.3, -0.25) is 0 Å². The lowest BCUT2D eigenvalue weighted by molar-refractivity contribution is 0.660. The normalized spacial score (nSPS) is 13.3. The highest BCUT2D eigenvalue weighted by molar-refractivity contribution is 6.09. The van der Waals surface area contributed by atoms with Crippen molar-refractivity contribution in [1.29, 1.82) is 0 Å². The molecule has 9 rings (SSSR count). The molecule has 2 heteroatoms. The van der Waals surface area contributed by atoms with E-state index < -0.39 is 0 Å². The van der Waals surface area contributed by atoms with Crippen molar-refractivity contribution in [2.75, 3.05) is 4.90 Å². The first-order chi connectivity index (χ1) is 22.1. The van der Waals surface area contributed by atoms with E-state index in [9.17, 15) is 0 Å². The third-order valence-electron chi connectivity index (χ3n) is 9.76. The summed E-state index contributed by atoms with van der Waals surface area (Å²) in [5, 5.41) is 5.03. The zero-order valence-electron chi connectivity index (χ0n) is 25.4. The highest BCUT2D eigenvalue weighted by atomic mass is 15.1. The van der Waals surface area contributed by atoms with E-state index in [0.717, 1.165) is 22.7 Å². The van der Waals surface area contributed by atoms with Gasteiger partial charge in [-0.1, -0.05) is 111 Å². The van der Waals surface area contributed by atoms with Crippen LogP contribution in [0.1, 0.15) is 25.0 Å². The molecule has 214 valence electrons. The van der Waals surface area contributed by atoms with Crippen LogP contribution in [0, 0.1) is 0 Å². The maximum Gasteiger partial charge on any atom is 0.0541 e. The lowest BCUT2D eigenvalue weighted by Crippen LogP contribution is -2.16. The fraction of sp³-hybridized carbons (Fsp3) is 0.0698. The van der Waals surface area contributed by atoms with Gasteiger partial charge in [0.1, 0.15) is 0 Å². The second kappa shape index (κ2) is 9.70. The zero-order chi connectivity index (χ0) is 30.1. The van der Waals surface area contributed by atoms with Crippen LogP contribution in [0.3, 0.4) is 0 Å². The molecule has 1 heterocycles. The Labute approximate surface area is 263 Å². The van der Waals surface area contributed by atoms with E-state index in [1.807, 2.05) is 0 Å². The molecular weight excluding hydrogens is 544 g/mol. The van der Waals surface area contributed by atoms with Crippen LogP contribution in [0.2, 0.25) is 0 Å². The molecule has 1 aromatic heterocycles. The Balaban J connectivity index is 1.22. The van der Waals surface area contributed by atoms with Gasteiger partial charge < -0.3 is 9.47 Å². The summed E-state index contributed by atoms with van der Waals surface area (Å²) in [7, 11) is 0. The summed E-state index contributed by atoms with van der Waals surface area (Å²) in [5.74, 6) is 0. The van der Waals surface area contributed by atoms with Gasteiger partial charge in [0.05, 0.1) is 11.0 Å². The van der Waals surface area contributed by atoms with Crippen LogP contribution in [-0.2, 0) is 5.41 Å². The summed E-state index contributed by atoms with van der Waals surface area (Å²) in [5.41, 5.74) is 12.4. The summed E-state index contributed by atoms with van der Waals surface area (Å²) in [6.07, 6.45) is 0. The van der Waals surface area contributed by atoms with Crippen molar-refractivity contribution in [3.63, 3.8) is 0 Å². The van der Waals surface area contributed by atoms with Crippen LogP contribution in [0.15, 0.2) is 158 Å². The lowest BCUT2D eigenvalue weighted by atomic mass is 9.82. The molecule has 0 N–H and O–H groups in total. The fourth-order valence-electron chi connectivity index (χ4n) is 7.55. The number of fused-ring (bicyclic) bond motifs is 7. The van der Waals surface area contributed by atoms with Gasteiger partial charge in [0.2, 0.25) is 0 Å². The summed E-state index contributed by atoms with van der Waals surface area (Å²) in [6, 6.07) is 57.7. The molecule has 0 aliphatic heterocycles. The molecule has 0 amide bonds. The molecule has 1 aliphatic carbocycles. The Kier molecular flexibility index (Phi) is 5.58. The number of hydrogen-bond acceptors (Lipinski definition) is 1. The van der Waals surface area contributed by atoms with Crippen LogP contribution >= 0.6 is 0 Å². The molecule has 45 heavy (non-hydrogen) atoms. The second-order valence-electron chi connectivity index (χ2n) is 12.7. The number of hydrogen-bond donors (Lipinski definition) is 0. The molecule has 2 nitrogen and oxygen atoms in total. The van der Waals surface area contributed by atoms with E-state index in [4.69, 9.17) is 0 Å². The Morgan fingerprint density at radius 2 is 1.00 bits per heavy atom. The third kappa shape index (κ3) is 3.89. The zero-order valence-corrected chi connectivity index (χ0v) is 25.4. The van der Waals surface area contributed by atoms with E-state index in [1.54, 1.807) is 0 Å². The Bertz CT molecular complexity index is 2360. The van der Waals surface area contributed by atoms with Gasteiger partial charge in [-0.25, -0.2) is 0 Å². The predicted octanol–water partition coefficient (Wildman–Crippen LogP) is 11.7. The van der Waals surface area contributed by atoms with Crippen molar-refractivity contribution < 1.29 is 0 Å². The molecule has 0 fully saturated rings. The van der Waals surface area contributed by atoms with Gasteiger partial charge in [0.15, 0.2) is 0 Å². The maximum atomic E-state index is 2.41. The smallest absolute Gasteiger partial charge is 0.0541 e. The summed E-state index contributed by atoms with van der Waals surface area (Å²) >= 11 is 0. The minimum atomic E-state index is -0.0720. The lowest BCUT2D eigenvalue weighted by Gasteiger charge is -2.28. The average molecular weight is 577 g/mol. The van der Waals surface area contributed by atoms with E-state index >= 15 is 0 Å². The van der Waals surface area contributed by atoms with Crippen molar-refractivity contribution >= 4 is 49.6 Å². The van der Waals surface area contributed by atoms with Crippen LogP contribution < -0.4 is 4.90 Å². The first kappa shape index (κ1) is 25.9. The number of benzene rings is 7. The summed E-state index contributed by atoms with van der Waals surface area (Å²) in [6.45, 7) is 4.70.